The molecule has 0 aromatic heterocycles. The number of amides is 1. The lowest BCUT2D eigenvalue weighted by Crippen LogP contribution is -2.29. The van der Waals surface area contributed by atoms with Gasteiger partial charge in [0, 0.05) is 13.0 Å². The van der Waals surface area contributed by atoms with Crippen molar-refractivity contribution in [2.75, 3.05) is 19.8 Å². The first kappa shape index (κ1) is 19.8. The number of carbonyl (C=O) groups excluding carboxylic acids is 1. The van der Waals surface area contributed by atoms with Gasteiger partial charge in [0.25, 0.3) is 0 Å². The summed E-state index contributed by atoms with van der Waals surface area (Å²) in [6.45, 7) is 3.55. The molecule has 1 amide bonds. The summed E-state index contributed by atoms with van der Waals surface area (Å²) in [6.07, 6.45) is 3.09. The first-order valence-electron chi connectivity index (χ1n) is 8.51. The molecule has 3 N–H and O–H groups in total. The number of rotatable bonds is 9. The van der Waals surface area contributed by atoms with Gasteiger partial charge in [0.1, 0.15) is 0 Å². The topological polar surface area (TPSA) is 108 Å². The highest BCUT2D eigenvalue weighted by molar-refractivity contribution is 7.89. The molecule has 8 heteroatoms. The molecule has 2 unspecified atom stereocenters. The molecule has 0 bridgehead atoms. The average Bonchev–Trinajstić information content (AvgIpc) is 3.09. The Morgan fingerprint density at radius 2 is 2.28 bits per heavy atom. The fraction of sp³-hybridized carbons (Fsp3) is 0.588. The normalized spacial score (nSPS) is 18.9. The van der Waals surface area contributed by atoms with E-state index in [1.165, 1.54) is 12.1 Å². The Labute approximate surface area is 148 Å². The van der Waals surface area contributed by atoms with Gasteiger partial charge in [-0.25, -0.2) is 13.6 Å². The number of carbonyl (C=O) groups is 1. The van der Waals surface area contributed by atoms with Crippen molar-refractivity contribution in [3.63, 3.8) is 0 Å². The van der Waals surface area contributed by atoms with Crippen molar-refractivity contribution in [1.82, 2.24) is 5.32 Å². The third-order valence-corrected chi connectivity index (χ3v) is 5.04. The number of sulfonamides is 1. The molecule has 2 rings (SSSR count). The number of benzene rings is 1. The second-order valence-electron chi connectivity index (χ2n) is 6.11. The first-order chi connectivity index (χ1) is 11.9. The van der Waals surface area contributed by atoms with Gasteiger partial charge in [-0.05, 0) is 37.0 Å². The summed E-state index contributed by atoms with van der Waals surface area (Å²) in [6, 6.07) is 6.06. The standard InChI is InChI=1S/C17H26N2O5S/c1-2-16(13-5-3-7-15(11-13)25(18,21)22)19-17(20)8-10-23-12-14-6-4-9-24-14/h3,5,7,11,14,16H,2,4,6,8-10,12H2,1H3,(H,19,20)(H2,18,21,22). The van der Waals surface area contributed by atoms with Crippen LogP contribution < -0.4 is 10.5 Å². The molecule has 0 radical (unpaired) electrons. The van der Waals surface area contributed by atoms with Crippen LogP contribution in [-0.4, -0.2) is 40.2 Å². The van der Waals surface area contributed by atoms with Crippen LogP contribution in [0.5, 0.6) is 0 Å². The van der Waals surface area contributed by atoms with Gasteiger partial charge in [0.2, 0.25) is 15.9 Å². The number of ether oxygens (including phenoxy) is 2. The van der Waals surface area contributed by atoms with Crippen molar-refractivity contribution in [3.8, 4) is 0 Å². The van der Waals surface area contributed by atoms with E-state index in [1.807, 2.05) is 6.92 Å². The molecule has 2 atom stereocenters. The van der Waals surface area contributed by atoms with Crippen molar-refractivity contribution >= 4 is 15.9 Å². The predicted molar refractivity (Wildman–Crippen MR) is 93.4 cm³/mol. The largest absolute Gasteiger partial charge is 0.378 e. The molecule has 0 saturated carbocycles. The molecule has 1 fully saturated rings. The molecule has 1 aliphatic rings. The van der Waals surface area contributed by atoms with Crippen LogP contribution in [0.25, 0.3) is 0 Å². The van der Waals surface area contributed by atoms with Crippen molar-refractivity contribution < 1.29 is 22.7 Å². The number of hydrogen-bond donors (Lipinski definition) is 2. The van der Waals surface area contributed by atoms with Gasteiger partial charge < -0.3 is 14.8 Å². The maximum atomic E-state index is 12.1. The predicted octanol–water partition coefficient (Wildman–Crippen LogP) is 1.49. The molecule has 1 aliphatic heterocycles. The summed E-state index contributed by atoms with van der Waals surface area (Å²) < 4.78 is 33.9. The molecule has 140 valence electrons. The second-order valence-corrected chi connectivity index (χ2v) is 7.67. The van der Waals surface area contributed by atoms with E-state index in [1.54, 1.807) is 12.1 Å². The quantitative estimate of drug-likeness (QED) is 0.640. The summed E-state index contributed by atoms with van der Waals surface area (Å²) in [5.74, 6) is -0.139. The summed E-state index contributed by atoms with van der Waals surface area (Å²) in [5, 5.41) is 8.06. The van der Waals surface area contributed by atoms with Crippen LogP contribution in [0.4, 0.5) is 0 Å². The van der Waals surface area contributed by atoms with E-state index in [0.717, 1.165) is 19.4 Å². The Bertz CT molecular complexity index is 671. The maximum absolute atomic E-state index is 12.1. The van der Waals surface area contributed by atoms with E-state index in [2.05, 4.69) is 5.32 Å². The molecular weight excluding hydrogens is 344 g/mol. The van der Waals surface area contributed by atoms with Crippen LogP contribution in [0, 0.1) is 0 Å². The van der Waals surface area contributed by atoms with Gasteiger partial charge in [0.05, 0.1) is 30.3 Å². The fourth-order valence-electron chi connectivity index (χ4n) is 2.75. The third-order valence-electron chi connectivity index (χ3n) is 4.13. The molecule has 1 aromatic rings. The molecule has 0 spiro atoms. The van der Waals surface area contributed by atoms with E-state index in [0.29, 0.717) is 25.2 Å². The van der Waals surface area contributed by atoms with Gasteiger partial charge in [-0.2, -0.15) is 0 Å². The number of primary sulfonamides is 1. The SMILES string of the molecule is CCC(NC(=O)CCOCC1CCCO1)c1cccc(S(N)(=O)=O)c1. The van der Waals surface area contributed by atoms with E-state index >= 15 is 0 Å². The van der Waals surface area contributed by atoms with E-state index in [9.17, 15) is 13.2 Å². The van der Waals surface area contributed by atoms with Crippen LogP contribution in [0.2, 0.25) is 0 Å². The van der Waals surface area contributed by atoms with Gasteiger partial charge in [0.15, 0.2) is 0 Å². The highest BCUT2D eigenvalue weighted by atomic mass is 32.2. The summed E-state index contributed by atoms with van der Waals surface area (Å²) in [7, 11) is -3.77. The minimum atomic E-state index is -3.77. The zero-order chi connectivity index (χ0) is 18.3. The molecule has 1 saturated heterocycles. The lowest BCUT2D eigenvalue weighted by Gasteiger charge is -2.18. The lowest BCUT2D eigenvalue weighted by atomic mass is 10.0. The summed E-state index contributed by atoms with van der Waals surface area (Å²) >= 11 is 0. The molecule has 25 heavy (non-hydrogen) atoms. The highest BCUT2D eigenvalue weighted by Crippen LogP contribution is 2.20. The maximum Gasteiger partial charge on any atom is 0.238 e. The molecule has 7 nitrogen and oxygen atoms in total. The lowest BCUT2D eigenvalue weighted by molar-refractivity contribution is -0.123. The molecule has 0 aliphatic carbocycles. The van der Waals surface area contributed by atoms with Crippen molar-refractivity contribution in [1.29, 1.82) is 0 Å². The van der Waals surface area contributed by atoms with Gasteiger partial charge in [-0.1, -0.05) is 19.1 Å². The Morgan fingerprint density at radius 3 is 2.92 bits per heavy atom. The van der Waals surface area contributed by atoms with Crippen LogP contribution in [0.15, 0.2) is 29.2 Å². The Hall–Kier alpha value is -1.48. The minimum absolute atomic E-state index is 0.0394. The Balaban J connectivity index is 1.83. The zero-order valence-corrected chi connectivity index (χ0v) is 15.3. The van der Waals surface area contributed by atoms with Crippen molar-refractivity contribution in [2.24, 2.45) is 5.14 Å². The smallest absolute Gasteiger partial charge is 0.238 e. The minimum Gasteiger partial charge on any atom is -0.378 e. The van der Waals surface area contributed by atoms with Crippen molar-refractivity contribution in [3.05, 3.63) is 29.8 Å². The Kier molecular flexibility index (Phi) is 7.37. The number of nitrogens with one attached hydrogen (secondary N) is 1. The average molecular weight is 370 g/mol. The third kappa shape index (κ3) is 6.39. The summed E-state index contributed by atoms with van der Waals surface area (Å²) in [4.78, 5) is 12.1. The molecule has 1 heterocycles. The Morgan fingerprint density at radius 1 is 1.48 bits per heavy atom. The highest BCUT2D eigenvalue weighted by Gasteiger charge is 2.17. The van der Waals surface area contributed by atoms with Gasteiger partial charge >= 0.3 is 0 Å². The monoisotopic (exact) mass is 370 g/mol. The van der Waals surface area contributed by atoms with E-state index < -0.39 is 10.0 Å². The fourth-order valence-corrected chi connectivity index (χ4v) is 3.32. The van der Waals surface area contributed by atoms with Crippen LogP contribution in [0.1, 0.15) is 44.2 Å². The van der Waals surface area contributed by atoms with E-state index in [4.69, 9.17) is 14.6 Å². The first-order valence-corrected chi connectivity index (χ1v) is 10.1. The second kappa shape index (κ2) is 9.28. The summed E-state index contributed by atoms with van der Waals surface area (Å²) in [5.41, 5.74) is 0.711. The molecular formula is C17H26N2O5S. The van der Waals surface area contributed by atoms with Crippen LogP contribution in [-0.2, 0) is 24.3 Å². The van der Waals surface area contributed by atoms with Crippen LogP contribution >= 0.6 is 0 Å². The number of hydrogen-bond acceptors (Lipinski definition) is 5. The van der Waals surface area contributed by atoms with Gasteiger partial charge in [-0.3, -0.25) is 4.79 Å². The zero-order valence-electron chi connectivity index (χ0n) is 14.4. The van der Waals surface area contributed by atoms with Crippen LogP contribution in [0.3, 0.4) is 0 Å². The number of nitrogens with two attached hydrogens (primary N) is 1. The van der Waals surface area contributed by atoms with Crippen molar-refractivity contribution in [2.45, 2.75) is 49.6 Å². The van der Waals surface area contributed by atoms with Gasteiger partial charge in [-0.15, -0.1) is 0 Å². The van der Waals surface area contributed by atoms with E-state index in [-0.39, 0.29) is 29.4 Å². The molecule has 1 aromatic carbocycles.